The number of rotatable bonds is 3. The third-order valence-electron chi connectivity index (χ3n) is 2.86. The molecule has 1 fully saturated rings. The van der Waals surface area contributed by atoms with E-state index in [0.717, 1.165) is 30.8 Å². The molecule has 1 unspecified atom stereocenters. The van der Waals surface area contributed by atoms with Gasteiger partial charge in [0.1, 0.15) is 5.75 Å². The number of benzene rings is 1. The first-order valence-corrected chi connectivity index (χ1v) is 5.83. The summed E-state index contributed by atoms with van der Waals surface area (Å²) in [6.45, 7) is 4.04. The number of phenolic OH excluding ortho intramolecular Hbond substituents is 1. The van der Waals surface area contributed by atoms with Crippen LogP contribution < -0.4 is 5.32 Å². The summed E-state index contributed by atoms with van der Waals surface area (Å²) in [7, 11) is 0. The molecule has 1 aromatic carbocycles. The molecule has 2 rings (SSSR count). The quantitative estimate of drug-likeness (QED) is 0.853. The predicted octanol–water partition coefficient (Wildman–Crippen LogP) is 2.23. The van der Waals surface area contributed by atoms with E-state index in [2.05, 4.69) is 5.32 Å². The van der Waals surface area contributed by atoms with Crippen molar-refractivity contribution in [3.8, 4) is 5.75 Å². The van der Waals surface area contributed by atoms with Crippen molar-refractivity contribution < 1.29 is 9.84 Å². The highest BCUT2D eigenvalue weighted by Gasteiger charge is 2.15. The van der Waals surface area contributed by atoms with Crippen LogP contribution in [0.2, 0.25) is 5.02 Å². The van der Waals surface area contributed by atoms with Crippen molar-refractivity contribution in [2.75, 3.05) is 13.2 Å². The van der Waals surface area contributed by atoms with Gasteiger partial charge in [-0.3, -0.25) is 0 Å². The normalized spacial score (nSPS) is 20.2. The molecule has 3 nitrogen and oxygen atoms in total. The van der Waals surface area contributed by atoms with Crippen LogP contribution in [0.1, 0.15) is 17.5 Å². The SMILES string of the molecule is Cc1cc(Cl)cc(CNC2CCOC2)c1O. The van der Waals surface area contributed by atoms with E-state index in [4.69, 9.17) is 16.3 Å². The minimum atomic E-state index is 0.329. The van der Waals surface area contributed by atoms with Gasteiger partial charge in [0.15, 0.2) is 0 Å². The first kappa shape index (κ1) is 11.7. The molecule has 1 atom stereocenters. The maximum absolute atomic E-state index is 9.87. The highest BCUT2D eigenvalue weighted by Crippen LogP contribution is 2.26. The molecule has 0 saturated carbocycles. The summed E-state index contributed by atoms with van der Waals surface area (Å²) in [5.41, 5.74) is 1.66. The van der Waals surface area contributed by atoms with Crippen LogP contribution in [0.4, 0.5) is 0 Å². The maximum atomic E-state index is 9.87. The molecular formula is C12H16ClNO2. The Hall–Kier alpha value is -0.770. The Kier molecular flexibility index (Phi) is 3.69. The van der Waals surface area contributed by atoms with Crippen LogP contribution in [0.25, 0.3) is 0 Å². The van der Waals surface area contributed by atoms with E-state index in [1.165, 1.54) is 0 Å². The van der Waals surface area contributed by atoms with E-state index in [1.54, 1.807) is 12.1 Å². The molecule has 88 valence electrons. The molecule has 0 radical (unpaired) electrons. The van der Waals surface area contributed by atoms with Gasteiger partial charge in [-0.2, -0.15) is 0 Å². The molecule has 0 aromatic heterocycles. The van der Waals surface area contributed by atoms with Crippen LogP contribution in [0.15, 0.2) is 12.1 Å². The first-order chi connectivity index (χ1) is 7.66. The molecule has 1 aromatic rings. The van der Waals surface area contributed by atoms with Crippen LogP contribution in [-0.2, 0) is 11.3 Å². The average Bonchev–Trinajstić information content (AvgIpc) is 2.74. The molecule has 0 amide bonds. The number of nitrogens with one attached hydrogen (secondary N) is 1. The second-order valence-electron chi connectivity index (χ2n) is 4.17. The topological polar surface area (TPSA) is 41.5 Å². The smallest absolute Gasteiger partial charge is 0.123 e. The third kappa shape index (κ3) is 2.67. The summed E-state index contributed by atoms with van der Waals surface area (Å²) in [4.78, 5) is 0. The van der Waals surface area contributed by atoms with Gasteiger partial charge in [-0.1, -0.05) is 11.6 Å². The minimum absolute atomic E-state index is 0.329. The maximum Gasteiger partial charge on any atom is 0.123 e. The van der Waals surface area contributed by atoms with Crippen LogP contribution in [-0.4, -0.2) is 24.4 Å². The molecule has 0 aliphatic carbocycles. The molecule has 4 heteroatoms. The molecule has 0 bridgehead atoms. The van der Waals surface area contributed by atoms with Crippen molar-refractivity contribution >= 4 is 11.6 Å². The summed E-state index contributed by atoms with van der Waals surface area (Å²) in [6.07, 6.45) is 1.03. The lowest BCUT2D eigenvalue weighted by molar-refractivity contribution is 0.189. The summed E-state index contributed by atoms with van der Waals surface area (Å²) >= 11 is 5.95. The number of ether oxygens (including phenoxy) is 1. The van der Waals surface area contributed by atoms with Gasteiger partial charge >= 0.3 is 0 Å². The zero-order valence-corrected chi connectivity index (χ0v) is 10.0. The van der Waals surface area contributed by atoms with Gasteiger partial charge < -0.3 is 15.2 Å². The molecule has 16 heavy (non-hydrogen) atoms. The standard InChI is InChI=1S/C12H16ClNO2/c1-8-4-10(13)5-9(12(8)15)6-14-11-2-3-16-7-11/h4-5,11,14-15H,2-3,6-7H2,1H3. The van der Waals surface area contributed by atoms with Gasteiger partial charge in [-0.15, -0.1) is 0 Å². The largest absolute Gasteiger partial charge is 0.507 e. The van der Waals surface area contributed by atoms with E-state index in [9.17, 15) is 5.11 Å². The highest BCUT2D eigenvalue weighted by atomic mass is 35.5. The van der Waals surface area contributed by atoms with Gasteiger partial charge in [-0.05, 0) is 31.0 Å². The Balaban J connectivity index is 2.02. The van der Waals surface area contributed by atoms with Crippen LogP contribution in [0.5, 0.6) is 5.75 Å². The number of halogens is 1. The van der Waals surface area contributed by atoms with E-state index in [0.29, 0.717) is 23.4 Å². The van der Waals surface area contributed by atoms with Gasteiger partial charge in [-0.25, -0.2) is 0 Å². The lowest BCUT2D eigenvalue weighted by atomic mass is 10.1. The molecule has 1 heterocycles. The molecule has 1 saturated heterocycles. The average molecular weight is 242 g/mol. The molecule has 1 aliphatic heterocycles. The van der Waals surface area contributed by atoms with E-state index >= 15 is 0 Å². The zero-order chi connectivity index (χ0) is 11.5. The molecule has 2 N–H and O–H groups in total. The summed E-state index contributed by atoms with van der Waals surface area (Å²) in [5, 5.41) is 13.9. The van der Waals surface area contributed by atoms with Crippen molar-refractivity contribution in [1.82, 2.24) is 5.32 Å². The second kappa shape index (κ2) is 5.04. The Labute approximate surface area is 100 Å². The molecule has 1 aliphatic rings. The van der Waals surface area contributed by atoms with Crippen molar-refractivity contribution in [3.05, 3.63) is 28.3 Å². The summed E-state index contributed by atoms with van der Waals surface area (Å²) in [6, 6.07) is 3.95. The van der Waals surface area contributed by atoms with Crippen molar-refractivity contribution in [1.29, 1.82) is 0 Å². The fourth-order valence-electron chi connectivity index (χ4n) is 1.89. The Morgan fingerprint density at radius 1 is 1.56 bits per heavy atom. The number of hydrogen-bond acceptors (Lipinski definition) is 3. The van der Waals surface area contributed by atoms with Gasteiger partial charge in [0.25, 0.3) is 0 Å². The Morgan fingerprint density at radius 3 is 3.06 bits per heavy atom. The lowest BCUT2D eigenvalue weighted by Gasteiger charge is -2.13. The predicted molar refractivity (Wildman–Crippen MR) is 63.9 cm³/mol. The van der Waals surface area contributed by atoms with Crippen molar-refractivity contribution in [2.45, 2.75) is 25.9 Å². The van der Waals surface area contributed by atoms with Crippen LogP contribution >= 0.6 is 11.6 Å². The summed E-state index contributed by atoms with van der Waals surface area (Å²) < 4.78 is 5.27. The Morgan fingerprint density at radius 2 is 2.38 bits per heavy atom. The van der Waals surface area contributed by atoms with Crippen molar-refractivity contribution in [2.24, 2.45) is 0 Å². The van der Waals surface area contributed by atoms with Crippen LogP contribution in [0, 0.1) is 6.92 Å². The number of aromatic hydroxyl groups is 1. The third-order valence-corrected chi connectivity index (χ3v) is 3.07. The summed E-state index contributed by atoms with van der Waals surface area (Å²) in [5.74, 6) is 0.329. The minimum Gasteiger partial charge on any atom is -0.507 e. The van der Waals surface area contributed by atoms with E-state index in [1.807, 2.05) is 6.92 Å². The van der Waals surface area contributed by atoms with Gasteiger partial charge in [0.05, 0.1) is 6.61 Å². The highest BCUT2D eigenvalue weighted by molar-refractivity contribution is 6.30. The molecule has 0 spiro atoms. The number of aryl methyl sites for hydroxylation is 1. The van der Waals surface area contributed by atoms with Gasteiger partial charge in [0, 0.05) is 29.8 Å². The van der Waals surface area contributed by atoms with E-state index in [-0.39, 0.29) is 0 Å². The molecular weight excluding hydrogens is 226 g/mol. The lowest BCUT2D eigenvalue weighted by Crippen LogP contribution is -2.28. The fourth-order valence-corrected chi connectivity index (χ4v) is 2.18. The van der Waals surface area contributed by atoms with E-state index < -0.39 is 0 Å². The Bertz CT molecular complexity index is 376. The van der Waals surface area contributed by atoms with Crippen LogP contribution in [0.3, 0.4) is 0 Å². The van der Waals surface area contributed by atoms with Gasteiger partial charge in [0.2, 0.25) is 0 Å². The number of hydrogen-bond donors (Lipinski definition) is 2. The zero-order valence-electron chi connectivity index (χ0n) is 9.29. The van der Waals surface area contributed by atoms with Crippen molar-refractivity contribution in [3.63, 3.8) is 0 Å². The first-order valence-electron chi connectivity index (χ1n) is 5.46. The monoisotopic (exact) mass is 241 g/mol. The second-order valence-corrected chi connectivity index (χ2v) is 4.61. The fraction of sp³-hybridized carbons (Fsp3) is 0.500. The number of phenols is 1.